The third kappa shape index (κ3) is 3.62. The van der Waals surface area contributed by atoms with Crippen LogP contribution in [-0.2, 0) is 4.74 Å². The average Bonchev–Trinajstić information content (AvgIpc) is 3.13. The number of aromatic nitrogens is 5. The summed E-state index contributed by atoms with van der Waals surface area (Å²) in [7, 11) is 0. The number of aliphatic hydroxyl groups excluding tert-OH is 1. The largest absolute Gasteiger partial charge is 0.490 e. The number of hydrogen-bond acceptors (Lipinski definition) is 7. The maximum atomic E-state index is 14.4. The van der Waals surface area contributed by atoms with Crippen molar-refractivity contribution < 1.29 is 23.4 Å². The van der Waals surface area contributed by atoms with Crippen molar-refractivity contribution in [1.82, 2.24) is 25.0 Å². The summed E-state index contributed by atoms with van der Waals surface area (Å²) in [6.07, 6.45) is 4.37. The molecule has 8 nitrogen and oxygen atoms in total. The van der Waals surface area contributed by atoms with Crippen LogP contribution < -0.4 is 4.74 Å². The predicted molar refractivity (Wildman–Crippen MR) is 87.2 cm³/mol. The van der Waals surface area contributed by atoms with Gasteiger partial charge in [-0.1, -0.05) is 5.21 Å². The van der Waals surface area contributed by atoms with Crippen LogP contribution in [0, 0.1) is 17.6 Å². The molecule has 0 radical (unpaired) electrons. The Labute approximate surface area is 152 Å². The van der Waals surface area contributed by atoms with E-state index in [1.807, 2.05) is 0 Å². The van der Waals surface area contributed by atoms with Gasteiger partial charge in [0.2, 0.25) is 0 Å². The Morgan fingerprint density at radius 3 is 2.78 bits per heavy atom. The lowest BCUT2D eigenvalue weighted by molar-refractivity contribution is -0.0513. The first-order valence-electron chi connectivity index (χ1n) is 8.18. The summed E-state index contributed by atoms with van der Waals surface area (Å²) >= 11 is 0. The van der Waals surface area contributed by atoms with Crippen molar-refractivity contribution in [1.29, 1.82) is 0 Å². The zero-order chi connectivity index (χ0) is 18.8. The van der Waals surface area contributed by atoms with Crippen LogP contribution in [-0.4, -0.2) is 49.9 Å². The zero-order valence-corrected chi connectivity index (χ0v) is 14.0. The number of benzene rings is 1. The smallest absolute Gasteiger partial charge is 0.167 e. The molecule has 4 rings (SSSR count). The van der Waals surface area contributed by atoms with Crippen LogP contribution in [0.2, 0.25) is 0 Å². The minimum absolute atomic E-state index is 0.126. The van der Waals surface area contributed by atoms with E-state index in [1.165, 1.54) is 24.8 Å². The standard InChI is InChI=1S/C17H15F2N5O3/c18-11-4-16(27-9-10-7-26-8-10)12(19)3-15(11)24-6-14(22-23-24)17(25)13-5-20-1-2-21-13/h1-6,10,17,25H,7-9H2. The fourth-order valence-electron chi connectivity index (χ4n) is 2.52. The monoisotopic (exact) mass is 375 g/mol. The van der Waals surface area contributed by atoms with E-state index in [0.717, 1.165) is 16.8 Å². The third-order valence-electron chi connectivity index (χ3n) is 4.08. The predicted octanol–water partition coefficient (Wildman–Crippen LogP) is 1.44. The van der Waals surface area contributed by atoms with Crippen LogP contribution in [0.3, 0.4) is 0 Å². The Hall–Kier alpha value is -2.98. The molecule has 3 aromatic rings. The molecule has 2 aromatic heterocycles. The van der Waals surface area contributed by atoms with Gasteiger partial charge < -0.3 is 14.6 Å². The Kier molecular flexibility index (Phi) is 4.73. The molecule has 0 spiro atoms. The second kappa shape index (κ2) is 7.33. The Morgan fingerprint density at radius 2 is 2.07 bits per heavy atom. The highest BCUT2D eigenvalue weighted by Gasteiger charge is 2.22. The summed E-state index contributed by atoms with van der Waals surface area (Å²) in [6, 6.07) is 1.93. The van der Waals surface area contributed by atoms with Gasteiger partial charge in [0.05, 0.1) is 37.9 Å². The molecule has 27 heavy (non-hydrogen) atoms. The molecule has 0 bridgehead atoms. The molecule has 0 saturated carbocycles. The zero-order valence-electron chi connectivity index (χ0n) is 14.0. The normalized spacial score (nSPS) is 15.4. The molecule has 0 amide bonds. The van der Waals surface area contributed by atoms with Gasteiger partial charge in [0, 0.05) is 30.4 Å². The summed E-state index contributed by atoms with van der Waals surface area (Å²) in [6.45, 7) is 1.36. The summed E-state index contributed by atoms with van der Waals surface area (Å²) in [5.74, 6) is -1.45. The number of aliphatic hydroxyl groups is 1. The fraction of sp³-hybridized carbons (Fsp3) is 0.294. The van der Waals surface area contributed by atoms with Crippen LogP contribution in [0.1, 0.15) is 17.5 Å². The molecule has 10 heteroatoms. The quantitative estimate of drug-likeness (QED) is 0.697. The number of hydrogen-bond donors (Lipinski definition) is 1. The summed E-state index contributed by atoms with van der Waals surface area (Å²) in [4.78, 5) is 7.84. The molecule has 1 N–H and O–H groups in total. The second-order valence-corrected chi connectivity index (χ2v) is 6.07. The van der Waals surface area contributed by atoms with Crippen LogP contribution in [0.25, 0.3) is 5.69 Å². The van der Waals surface area contributed by atoms with Crippen LogP contribution in [0.4, 0.5) is 8.78 Å². The van der Waals surface area contributed by atoms with E-state index in [-0.39, 0.29) is 35.3 Å². The number of halogens is 2. The lowest BCUT2D eigenvalue weighted by Crippen LogP contribution is -2.32. The van der Waals surface area contributed by atoms with Crippen molar-refractivity contribution in [3.05, 3.63) is 59.9 Å². The van der Waals surface area contributed by atoms with E-state index in [2.05, 4.69) is 20.3 Å². The average molecular weight is 375 g/mol. The van der Waals surface area contributed by atoms with Gasteiger partial charge in [0.25, 0.3) is 0 Å². The maximum absolute atomic E-state index is 14.4. The van der Waals surface area contributed by atoms with E-state index >= 15 is 0 Å². The van der Waals surface area contributed by atoms with E-state index in [4.69, 9.17) is 9.47 Å². The van der Waals surface area contributed by atoms with Crippen molar-refractivity contribution in [2.75, 3.05) is 19.8 Å². The Morgan fingerprint density at radius 1 is 1.22 bits per heavy atom. The van der Waals surface area contributed by atoms with Crippen molar-refractivity contribution in [3.63, 3.8) is 0 Å². The number of nitrogens with zero attached hydrogens (tertiary/aromatic N) is 5. The highest BCUT2D eigenvalue weighted by molar-refractivity contribution is 5.40. The van der Waals surface area contributed by atoms with Crippen LogP contribution >= 0.6 is 0 Å². The highest BCUT2D eigenvalue weighted by Crippen LogP contribution is 2.26. The molecule has 140 valence electrons. The lowest BCUT2D eigenvalue weighted by atomic mass is 10.1. The molecule has 1 unspecified atom stereocenters. The van der Waals surface area contributed by atoms with Crippen LogP contribution in [0.5, 0.6) is 5.75 Å². The molecule has 1 saturated heterocycles. The van der Waals surface area contributed by atoms with Gasteiger partial charge >= 0.3 is 0 Å². The molecule has 1 atom stereocenters. The van der Waals surface area contributed by atoms with E-state index in [0.29, 0.717) is 13.2 Å². The van der Waals surface area contributed by atoms with Crippen molar-refractivity contribution in [2.45, 2.75) is 6.10 Å². The number of rotatable bonds is 6. The van der Waals surface area contributed by atoms with Gasteiger partial charge in [-0.3, -0.25) is 9.97 Å². The van der Waals surface area contributed by atoms with Crippen LogP contribution in [0.15, 0.2) is 36.9 Å². The van der Waals surface area contributed by atoms with Crippen molar-refractivity contribution in [3.8, 4) is 11.4 Å². The molecule has 1 aliphatic rings. The molecule has 1 aliphatic heterocycles. The van der Waals surface area contributed by atoms with Crippen molar-refractivity contribution in [2.24, 2.45) is 5.92 Å². The summed E-state index contributed by atoms with van der Waals surface area (Å²) < 4.78 is 40.1. The highest BCUT2D eigenvalue weighted by atomic mass is 19.1. The summed E-state index contributed by atoms with van der Waals surface area (Å²) in [5.41, 5.74) is 0.234. The summed E-state index contributed by atoms with van der Waals surface area (Å²) in [5, 5.41) is 17.8. The fourth-order valence-corrected chi connectivity index (χ4v) is 2.52. The second-order valence-electron chi connectivity index (χ2n) is 6.07. The van der Waals surface area contributed by atoms with Gasteiger partial charge in [0.15, 0.2) is 17.4 Å². The Balaban J connectivity index is 1.54. The first-order chi connectivity index (χ1) is 13.1. The SMILES string of the molecule is OC(c1cnccn1)c1cn(-c2cc(F)c(OCC3COC3)cc2F)nn1. The van der Waals surface area contributed by atoms with E-state index < -0.39 is 17.7 Å². The third-order valence-corrected chi connectivity index (χ3v) is 4.08. The van der Waals surface area contributed by atoms with Gasteiger partial charge in [-0.25, -0.2) is 13.5 Å². The van der Waals surface area contributed by atoms with Gasteiger partial charge in [-0.05, 0) is 0 Å². The molecule has 3 heterocycles. The van der Waals surface area contributed by atoms with Crippen molar-refractivity contribution >= 4 is 0 Å². The first kappa shape index (κ1) is 17.4. The molecular weight excluding hydrogens is 360 g/mol. The maximum Gasteiger partial charge on any atom is 0.167 e. The van der Waals surface area contributed by atoms with Gasteiger partial charge in [-0.15, -0.1) is 5.10 Å². The minimum atomic E-state index is -1.19. The van der Waals surface area contributed by atoms with Gasteiger partial charge in [0.1, 0.15) is 17.5 Å². The lowest BCUT2D eigenvalue weighted by Gasteiger charge is -2.25. The molecular formula is C17H15F2N5O3. The topological polar surface area (TPSA) is 95.2 Å². The Bertz CT molecular complexity index is 934. The minimum Gasteiger partial charge on any atom is -0.490 e. The van der Waals surface area contributed by atoms with E-state index in [1.54, 1.807) is 0 Å². The molecule has 1 fully saturated rings. The van der Waals surface area contributed by atoms with E-state index in [9.17, 15) is 13.9 Å². The molecule has 1 aromatic carbocycles. The first-order valence-corrected chi connectivity index (χ1v) is 8.18. The number of ether oxygens (including phenoxy) is 2. The molecule has 0 aliphatic carbocycles. The van der Waals surface area contributed by atoms with Gasteiger partial charge in [-0.2, -0.15) is 0 Å².